The minimum atomic E-state index is 0.201. The summed E-state index contributed by atoms with van der Waals surface area (Å²) in [6.07, 6.45) is 2.65. The van der Waals surface area contributed by atoms with E-state index in [9.17, 15) is 0 Å². The summed E-state index contributed by atoms with van der Waals surface area (Å²) >= 11 is 4.58. The number of para-hydroxylation sites is 1. The lowest BCUT2D eigenvalue weighted by Crippen LogP contribution is -2.43. The lowest BCUT2D eigenvalue weighted by Gasteiger charge is -2.40. The molecule has 3 nitrogen and oxygen atoms in total. The van der Waals surface area contributed by atoms with E-state index >= 15 is 0 Å². The van der Waals surface area contributed by atoms with Gasteiger partial charge in [-0.2, -0.15) is 17.9 Å². The minimum absolute atomic E-state index is 0.201. The topological polar surface area (TPSA) is 36.3 Å². The number of benzene rings is 1. The van der Waals surface area contributed by atoms with Crippen LogP contribution in [0.1, 0.15) is 19.3 Å². The Morgan fingerprint density at radius 3 is 2.55 bits per heavy atom. The van der Waals surface area contributed by atoms with E-state index in [1.165, 1.54) is 5.69 Å². The summed E-state index contributed by atoms with van der Waals surface area (Å²) in [4.78, 5) is 2.32. The van der Waals surface area contributed by atoms with Crippen molar-refractivity contribution in [3.8, 4) is 6.07 Å². The predicted molar refractivity (Wildman–Crippen MR) is 85.2 cm³/mol. The van der Waals surface area contributed by atoms with Crippen LogP contribution in [-0.2, 0) is 4.74 Å². The van der Waals surface area contributed by atoms with Crippen LogP contribution < -0.4 is 4.90 Å². The molecule has 0 amide bonds. The molecule has 4 heteroatoms. The zero-order chi connectivity index (χ0) is 14.3. The van der Waals surface area contributed by atoms with Gasteiger partial charge in [0, 0.05) is 37.4 Å². The van der Waals surface area contributed by atoms with Gasteiger partial charge in [0.15, 0.2) is 0 Å². The van der Waals surface area contributed by atoms with Gasteiger partial charge in [0.05, 0.1) is 12.5 Å². The highest BCUT2D eigenvalue weighted by Crippen LogP contribution is 2.34. The van der Waals surface area contributed by atoms with Gasteiger partial charge >= 0.3 is 0 Å². The molecule has 0 saturated carbocycles. The summed E-state index contributed by atoms with van der Waals surface area (Å²) in [5, 5.41) is 8.88. The fraction of sp³-hybridized carbons (Fsp3) is 0.562. The van der Waals surface area contributed by atoms with Crippen molar-refractivity contribution in [3.63, 3.8) is 0 Å². The Morgan fingerprint density at radius 1 is 1.25 bits per heavy atom. The van der Waals surface area contributed by atoms with Gasteiger partial charge in [-0.15, -0.1) is 0 Å². The highest BCUT2D eigenvalue weighted by Gasteiger charge is 2.33. The van der Waals surface area contributed by atoms with Crippen molar-refractivity contribution in [1.29, 1.82) is 5.26 Å². The minimum Gasteiger partial charge on any atom is -0.381 e. The van der Waals surface area contributed by atoms with Crippen molar-refractivity contribution in [2.24, 2.45) is 5.41 Å². The lowest BCUT2D eigenvalue weighted by molar-refractivity contribution is 0.0296. The summed E-state index contributed by atoms with van der Waals surface area (Å²) in [6, 6.07) is 12.6. The number of hydrogen-bond acceptors (Lipinski definition) is 4. The average molecular weight is 290 g/mol. The molecule has 0 bridgehead atoms. The summed E-state index contributed by atoms with van der Waals surface area (Å²) in [6.45, 7) is 3.37. The zero-order valence-electron chi connectivity index (χ0n) is 11.8. The van der Waals surface area contributed by atoms with Crippen molar-refractivity contribution in [2.75, 3.05) is 37.0 Å². The summed E-state index contributed by atoms with van der Waals surface area (Å²) < 4.78 is 5.49. The van der Waals surface area contributed by atoms with Gasteiger partial charge in [-0.05, 0) is 30.7 Å². The second-order valence-electron chi connectivity index (χ2n) is 5.44. The molecule has 1 fully saturated rings. The largest absolute Gasteiger partial charge is 0.381 e. The Bertz CT molecular complexity index is 438. The van der Waals surface area contributed by atoms with Crippen LogP contribution in [0.3, 0.4) is 0 Å². The first-order valence-electron chi connectivity index (χ1n) is 7.15. The number of rotatable bonds is 6. The maximum atomic E-state index is 8.88. The molecule has 0 unspecified atom stereocenters. The zero-order valence-corrected chi connectivity index (χ0v) is 12.7. The van der Waals surface area contributed by atoms with Gasteiger partial charge in [0.1, 0.15) is 0 Å². The average Bonchev–Trinajstić information content (AvgIpc) is 2.53. The molecule has 1 aromatic carbocycles. The van der Waals surface area contributed by atoms with Crippen molar-refractivity contribution in [3.05, 3.63) is 30.3 Å². The number of nitrogens with zero attached hydrogens (tertiary/aromatic N) is 2. The van der Waals surface area contributed by atoms with Crippen molar-refractivity contribution >= 4 is 18.3 Å². The first-order valence-corrected chi connectivity index (χ1v) is 7.78. The van der Waals surface area contributed by atoms with Crippen LogP contribution in [0, 0.1) is 16.7 Å². The van der Waals surface area contributed by atoms with E-state index in [1.807, 2.05) is 18.2 Å². The fourth-order valence-corrected chi connectivity index (χ4v) is 3.11. The Hall–Kier alpha value is -1.18. The second kappa shape index (κ2) is 7.56. The molecule has 0 spiro atoms. The van der Waals surface area contributed by atoms with E-state index in [0.717, 1.165) is 44.9 Å². The molecule has 0 aliphatic carbocycles. The standard InChI is InChI=1S/C16H22N2OS/c17-9-4-10-18(15-5-2-1-3-6-15)13-16(14-20)7-11-19-12-8-16/h1-3,5-6,20H,4,7-8,10-14H2. The van der Waals surface area contributed by atoms with E-state index < -0.39 is 0 Å². The Labute approximate surface area is 126 Å². The highest BCUT2D eigenvalue weighted by atomic mass is 32.1. The molecule has 108 valence electrons. The summed E-state index contributed by atoms with van der Waals surface area (Å²) in [7, 11) is 0. The molecule has 2 rings (SSSR count). The monoisotopic (exact) mass is 290 g/mol. The second-order valence-corrected chi connectivity index (χ2v) is 5.75. The first kappa shape index (κ1) is 15.2. The number of hydrogen-bond donors (Lipinski definition) is 1. The summed E-state index contributed by atoms with van der Waals surface area (Å²) in [5.74, 6) is 0.867. The van der Waals surface area contributed by atoms with Crippen molar-refractivity contribution in [1.82, 2.24) is 0 Å². The SMILES string of the molecule is N#CCCN(CC1(CS)CCOCC1)c1ccccc1. The van der Waals surface area contributed by atoms with Crippen LogP contribution in [-0.4, -0.2) is 32.1 Å². The molecule has 0 N–H and O–H groups in total. The maximum Gasteiger partial charge on any atom is 0.0640 e. The third-order valence-corrected chi connectivity index (χ3v) is 4.70. The molecule has 1 aliphatic heterocycles. The molecule has 0 atom stereocenters. The molecular weight excluding hydrogens is 268 g/mol. The van der Waals surface area contributed by atoms with Crippen molar-refractivity contribution < 1.29 is 4.74 Å². The quantitative estimate of drug-likeness (QED) is 0.818. The summed E-state index contributed by atoms with van der Waals surface area (Å²) in [5.41, 5.74) is 1.39. The van der Waals surface area contributed by atoms with Crippen LogP contribution in [0.5, 0.6) is 0 Å². The predicted octanol–water partition coefficient (Wildman–Crippen LogP) is 3.13. The number of anilines is 1. The molecule has 0 radical (unpaired) electrons. The molecule has 1 aliphatic rings. The van der Waals surface area contributed by atoms with Gasteiger partial charge in [-0.3, -0.25) is 0 Å². The van der Waals surface area contributed by atoms with Crippen LogP contribution in [0.15, 0.2) is 30.3 Å². The van der Waals surface area contributed by atoms with Crippen LogP contribution in [0.4, 0.5) is 5.69 Å². The van der Waals surface area contributed by atoms with E-state index in [2.05, 4.69) is 35.7 Å². The Balaban J connectivity index is 2.12. The lowest BCUT2D eigenvalue weighted by atomic mass is 9.81. The molecule has 1 aromatic rings. The number of thiol groups is 1. The normalized spacial score (nSPS) is 17.4. The molecule has 0 aromatic heterocycles. The number of ether oxygens (including phenoxy) is 1. The molecular formula is C16H22N2OS. The van der Waals surface area contributed by atoms with E-state index in [1.54, 1.807) is 0 Å². The van der Waals surface area contributed by atoms with Gasteiger partial charge in [-0.25, -0.2) is 0 Å². The fourth-order valence-electron chi connectivity index (χ4n) is 2.70. The first-order chi connectivity index (χ1) is 9.79. The molecule has 1 saturated heterocycles. The number of nitriles is 1. The van der Waals surface area contributed by atoms with E-state index in [-0.39, 0.29) is 5.41 Å². The van der Waals surface area contributed by atoms with E-state index in [0.29, 0.717) is 6.42 Å². The smallest absolute Gasteiger partial charge is 0.0640 e. The maximum absolute atomic E-state index is 8.88. The van der Waals surface area contributed by atoms with Gasteiger partial charge in [0.25, 0.3) is 0 Å². The third kappa shape index (κ3) is 3.91. The third-order valence-electron chi connectivity index (χ3n) is 4.03. The van der Waals surface area contributed by atoms with Gasteiger partial charge in [0.2, 0.25) is 0 Å². The Morgan fingerprint density at radius 2 is 1.95 bits per heavy atom. The molecule has 20 heavy (non-hydrogen) atoms. The van der Waals surface area contributed by atoms with E-state index in [4.69, 9.17) is 10.00 Å². The van der Waals surface area contributed by atoms with Crippen LogP contribution in [0.25, 0.3) is 0 Å². The Kier molecular flexibility index (Phi) is 5.75. The van der Waals surface area contributed by atoms with Crippen LogP contribution in [0.2, 0.25) is 0 Å². The van der Waals surface area contributed by atoms with Gasteiger partial charge < -0.3 is 9.64 Å². The molecule has 1 heterocycles. The van der Waals surface area contributed by atoms with Crippen molar-refractivity contribution in [2.45, 2.75) is 19.3 Å². The van der Waals surface area contributed by atoms with Gasteiger partial charge in [-0.1, -0.05) is 18.2 Å². The highest BCUT2D eigenvalue weighted by molar-refractivity contribution is 7.80. The van der Waals surface area contributed by atoms with Crippen LogP contribution >= 0.6 is 12.6 Å².